The third-order valence-corrected chi connectivity index (χ3v) is 3.12. The minimum Gasteiger partial charge on any atom is -0.309 e. The summed E-state index contributed by atoms with van der Waals surface area (Å²) in [7, 11) is 0. The molecule has 1 aliphatic rings. The summed E-state index contributed by atoms with van der Waals surface area (Å²) in [6.07, 6.45) is 4.86. The number of fused-ring (bicyclic) bond motifs is 1. The lowest BCUT2D eigenvalue weighted by molar-refractivity contribution is 0.527. The van der Waals surface area contributed by atoms with Crippen LogP contribution in [0.15, 0.2) is 0 Å². The van der Waals surface area contributed by atoms with Crippen LogP contribution in [-0.2, 0) is 19.4 Å². The second-order valence-corrected chi connectivity index (χ2v) is 4.17. The normalized spacial score (nSPS) is 17.0. The summed E-state index contributed by atoms with van der Waals surface area (Å²) in [4.78, 5) is 0. The number of rotatable bonds is 4. The monoisotopic (exact) mass is 193 g/mol. The van der Waals surface area contributed by atoms with Gasteiger partial charge in [0.15, 0.2) is 0 Å². The van der Waals surface area contributed by atoms with Gasteiger partial charge in [0, 0.05) is 18.3 Å². The van der Waals surface area contributed by atoms with Gasteiger partial charge in [-0.05, 0) is 38.2 Å². The maximum atomic E-state index is 4.36. The molecule has 0 spiro atoms. The molecule has 1 heterocycles. The molecular formula is C11H19N3. The van der Waals surface area contributed by atoms with E-state index in [1.54, 1.807) is 0 Å². The molecule has 0 aromatic carbocycles. The smallest absolute Gasteiger partial charge is 0.0794 e. The Labute approximate surface area is 85.3 Å². The van der Waals surface area contributed by atoms with E-state index in [9.17, 15) is 0 Å². The van der Waals surface area contributed by atoms with Gasteiger partial charge in [0.2, 0.25) is 0 Å². The topological polar surface area (TPSA) is 40.7 Å². The van der Waals surface area contributed by atoms with Gasteiger partial charge in [-0.2, -0.15) is 5.10 Å². The fourth-order valence-corrected chi connectivity index (χ4v) is 1.95. The van der Waals surface area contributed by atoms with Crippen molar-refractivity contribution in [1.82, 2.24) is 15.5 Å². The molecule has 0 saturated heterocycles. The van der Waals surface area contributed by atoms with Crippen LogP contribution < -0.4 is 5.32 Å². The second-order valence-electron chi connectivity index (χ2n) is 4.17. The highest BCUT2D eigenvalue weighted by atomic mass is 15.1. The predicted molar refractivity (Wildman–Crippen MR) is 57.2 cm³/mol. The average molecular weight is 193 g/mol. The molecular weight excluding hydrogens is 174 g/mol. The molecule has 14 heavy (non-hydrogen) atoms. The molecule has 1 atom stereocenters. The third kappa shape index (κ3) is 1.82. The van der Waals surface area contributed by atoms with Gasteiger partial charge in [0.05, 0.1) is 5.69 Å². The van der Waals surface area contributed by atoms with Crippen LogP contribution in [0.5, 0.6) is 0 Å². The zero-order valence-electron chi connectivity index (χ0n) is 9.06. The van der Waals surface area contributed by atoms with Crippen molar-refractivity contribution in [2.75, 3.05) is 0 Å². The molecule has 0 saturated carbocycles. The summed E-state index contributed by atoms with van der Waals surface area (Å²) in [5.74, 6) is 0. The van der Waals surface area contributed by atoms with Crippen molar-refractivity contribution in [1.29, 1.82) is 0 Å². The molecule has 0 radical (unpaired) electrons. The van der Waals surface area contributed by atoms with Gasteiger partial charge in [0.1, 0.15) is 0 Å². The molecule has 1 aromatic heterocycles. The highest BCUT2D eigenvalue weighted by Gasteiger charge is 2.17. The Morgan fingerprint density at radius 2 is 2.36 bits per heavy atom. The fraction of sp³-hybridized carbons (Fsp3) is 0.727. The van der Waals surface area contributed by atoms with E-state index in [1.807, 2.05) is 0 Å². The first-order chi connectivity index (χ1) is 6.81. The zero-order chi connectivity index (χ0) is 9.97. The van der Waals surface area contributed by atoms with Crippen molar-refractivity contribution in [3.05, 3.63) is 17.0 Å². The van der Waals surface area contributed by atoms with E-state index < -0.39 is 0 Å². The van der Waals surface area contributed by atoms with E-state index in [2.05, 4.69) is 29.4 Å². The van der Waals surface area contributed by atoms with Crippen LogP contribution in [0.25, 0.3) is 0 Å². The first-order valence-corrected chi connectivity index (χ1v) is 5.59. The first-order valence-electron chi connectivity index (χ1n) is 5.59. The lowest BCUT2D eigenvalue weighted by atomic mass is 10.2. The van der Waals surface area contributed by atoms with E-state index in [-0.39, 0.29) is 0 Å². The molecule has 3 nitrogen and oxygen atoms in total. The largest absolute Gasteiger partial charge is 0.309 e. The molecule has 0 bridgehead atoms. The van der Waals surface area contributed by atoms with Crippen LogP contribution in [0, 0.1) is 0 Å². The van der Waals surface area contributed by atoms with Gasteiger partial charge in [-0.3, -0.25) is 5.10 Å². The molecule has 0 amide bonds. The number of H-pyrrole nitrogens is 1. The van der Waals surface area contributed by atoms with Gasteiger partial charge in [-0.1, -0.05) is 6.92 Å². The van der Waals surface area contributed by atoms with Gasteiger partial charge in [-0.15, -0.1) is 0 Å². The van der Waals surface area contributed by atoms with E-state index >= 15 is 0 Å². The van der Waals surface area contributed by atoms with Crippen molar-refractivity contribution in [3.8, 4) is 0 Å². The molecule has 1 aliphatic carbocycles. The standard InChI is InChI=1S/C11H19N3/c1-3-8(2)12-7-11-9-5-4-6-10(9)13-14-11/h8,12H,3-7H2,1-2H3,(H,13,14). The second kappa shape index (κ2) is 4.13. The lowest BCUT2D eigenvalue weighted by Gasteiger charge is -2.09. The van der Waals surface area contributed by atoms with Crippen LogP contribution >= 0.6 is 0 Å². The van der Waals surface area contributed by atoms with Gasteiger partial charge >= 0.3 is 0 Å². The minimum atomic E-state index is 0.587. The van der Waals surface area contributed by atoms with Crippen LogP contribution in [0.1, 0.15) is 43.6 Å². The Hall–Kier alpha value is -0.830. The van der Waals surface area contributed by atoms with E-state index in [0.717, 1.165) is 6.54 Å². The predicted octanol–water partition coefficient (Wildman–Crippen LogP) is 1.79. The fourth-order valence-electron chi connectivity index (χ4n) is 1.95. The molecule has 0 aliphatic heterocycles. The van der Waals surface area contributed by atoms with Crippen molar-refractivity contribution < 1.29 is 0 Å². The number of hydrogen-bond acceptors (Lipinski definition) is 2. The molecule has 1 unspecified atom stereocenters. The number of aromatic amines is 1. The summed E-state index contributed by atoms with van der Waals surface area (Å²) in [6, 6.07) is 0.587. The van der Waals surface area contributed by atoms with Crippen molar-refractivity contribution in [2.24, 2.45) is 0 Å². The van der Waals surface area contributed by atoms with Crippen LogP contribution in [0.3, 0.4) is 0 Å². The van der Waals surface area contributed by atoms with Gasteiger partial charge in [-0.25, -0.2) is 0 Å². The SMILES string of the molecule is CCC(C)NCc1n[nH]c2c1CCC2. The van der Waals surface area contributed by atoms with Crippen molar-refractivity contribution in [2.45, 2.75) is 52.1 Å². The van der Waals surface area contributed by atoms with Gasteiger partial charge in [0.25, 0.3) is 0 Å². The summed E-state index contributed by atoms with van der Waals surface area (Å²) in [5.41, 5.74) is 4.07. The van der Waals surface area contributed by atoms with Gasteiger partial charge < -0.3 is 5.32 Å². The van der Waals surface area contributed by atoms with Crippen LogP contribution in [0.2, 0.25) is 0 Å². The molecule has 2 rings (SSSR count). The molecule has 2 N–H and O–H groups in total. The third-order valence-electron chi connectivity index (χ3n) is 3.12. The Bertz CT molecular complexity index is 303. The van der Waals surface area contributed by atoms with Crippen molar-refractivity contribution in [3.63, 3.8) is 0 Å². The molecule has 0 fully saturated rings. The van der Waals surface area contributed by atoms with E-state index in [0.29, 0.717) is 6.04 Å². The Morgan fingerprint density at radius 3 is 3.14 bits per heavy atom. The first kappa shape index (κ1) is 9.71. The number of nitrogens with one attached hydrogen (secondary N) is 2. The van der Waals surface area contributed by atoms with Crippen LogP contribution in [0.4, 0.5) is 0 Å². The number of aromatic nitrogens is 2. The van der Waals surface area contributed by atoms with E-state index in [4.69, 9.17) is 0 Å². The average Bonchev–Trinajstić information content (AvgIpc) is 2.76. The van der Waals surface area contributed by atoms with E-state index in [1.165, 1.54) is 42.6 Å². The Balaban J connectivity index is 1.96. The summed E-state index contributed by atoms with van der Waals surface area (Å²) < 4.78 is 0. The summed E-state index contributed by atoms with van der Waals surface area (Å²) >= 11 is 0. The maximum absolute atomic E-state index is 4.36. The maximum Gasteiger partial charge on any atom is 0.0794 e. The molecule has 1 aromatic rings. The minimum absolute atomic E-state index is 0.587. The Kier molecular flexibility index (Phi) is 2.87. The quantitative estimate of drug-likeness (QED) is 0.765. The number of aryl methyl sites for hydroxylation is 1. The highest BCUT2D eigenvalue weighted by Crippen LogP contribution is 2.22. The lowest BCUT2D eigenvalue weighted by Crippen LogP contribution is -2.25. The van der Waals surface area contributed by atoms with Crippen molar-refractivity contribution >= 4 is 0 Å². The molecule has 3 heteroatoms. The molecule has 78 valence electrons. The zero-order valence-corrected chi connectivity index (χ0v) is 9.06. The number of hydrogen-bond donors (Lipinski definition) is 2. The Morgan fingerprint density at radius 1 is 1.50 bits per heavy atom. The highest BCUT2D eigenvalue weighted by molar-refractivity contribution is 5.29. The summed E-state index contributed by atoms with van der Waals surface area (Å²) in [5, 5.41) is 11.0. The van der Waals surface area contributed by atoms with Crippen LogP contribution in [-0.4, -0.2) is 16.2 Å². The summed E-state index contributed by atoms with van der Waals surface area (Å²) in [6.45, 7) is 5.33. The number of nitrogens with zero attached hydrogens (tertiary/aromatic N) is 1.